The van der Waals surface area contributed by atoms with Gasteiger partial charge in [-0.25, -0.2) is 18.4 Å². The molecule has 4 aromatic carbocycles. The van der Waals surface area contributed by atoms with Crippen LogP contribution in [0.4, 0.5) is 34.6 Å². The second kappa shape index (κ2) is 20.7. The summed E-state index contributed by atoms with van der Waals surface area (Å²) >= 11 is 0. The second-order valence-electron chi connectivity index (χ2n) is 8.76. The van der Waals surface area contributed by atoms with Crippen LogP contribution in [0.25, 0.3) is 10.8 Å². The van der Waals surface area contributed by atoms with E-state index in [1.165, 1.54) is 54.6 Å². The zero-order valence-electron chi connectivity index (χ0n) is 26.7. The molecule has 0 radical (unpaired) electrons. The van der Waals surface area contributed by atoms with Crippen LogP contribution in [0.15, 0.2) is 81.9 Å². The molecule has 0 saturated heterocycles. The normalized spacial score (nSPS) is 10.3. The molecule has 0 aliphatic rings. The Labute approximate surface area is 388 Å². The largest absolute Gasteiger partial charge is 1.00 e. The van der Waals surface area contributed by atoms with E-state index in [1.807, 2.05) is 0 Å². The summed E-state index contributed by atoms with van der Waals surface area (Å²) in [6.45, 7) is 0. The Morgan fingerprint density at radius 1 is 0.816 bits per heavy atom. The number of carbonyl (C=O) groups excluding carboxylic acids is 2. The number of nitrogens with zero attached hydrogens (tertiary/aromatic N) is 5. The Balaban J connectivity index is 0.00000461. The molecule has 16 nitrogen and oxygen atoms in total. The van der Waals surface area contributed by atoms with Crippen molar-refractivity contribution >= 4 is 67.5 Å². The molecular formula is C27H14N7Na5O9S. The van der Waals surface area contributed by atoms with E-state index in [1.54, 1.807) is 0 Å². The van der Waals surface area contributed by atoms with Crippen LogP contribution in [-0.2, 0) is 10.1 Å². The minimum Gasteiger partial charge on any atom is -0.844 e. The van der Waals surface area contributed by atoms with Crippen molar-refractivity contribution in [2.75, 3.05) is 10.6 Å². The molecule has 3 N–H and O–H groups in total. The number of phenols is 1. The molecule has 0 atom stereocenters. The molecule has 5 aromatic rings. The fourth-order valence-corrected chi connectivity index (χ4v) is 4.48. The van der Waals surface area contributed by atoms with Gasteiger partial charge in [-0.2, -0.15) is 27.3 Å². The van der Waals surface area contributed by atoms with Gasteiger partial charge < -0.3 is 45.2 Å². The van der Waals surface area contributed by atoms with Gasteiger partial charge in [0, 0.05) is 33.3 Å². The summed E-state index contributed by atoms with van der Waals surface area (Å²) in [7, 11) is -5.03. The summed E-state index contributed by atoms with van der Waals surface area (Å²) in [5, 5.41) is 58.6. The summed E-state index contributed by atoms with van der Waals surface area (Å²) in [6, 6.07) is 15.4. The summed E-state index contributed by atoms with van der Waals surface area (Å²) in [4.78, 5) is 33.1. The van der Waals surface area contributed by atoms with Gasteiger partial charge in [-0.1, -0.05) is 41.8 Å². The van der Waals surface area contributed by atoms with Gasteiger partial charge in [0.25, 0.3) is 0 Å². The number of azo groups is 1. The van der Waals surface area contributed by atoms with Crippen LogP contribution in [-0.4, -0.2) is 45.0 Å². The first-order valence-electron chi connectivity index (χ1n) is 12.1. The fourth-order valence-electron chi connectivity index (χ4n) is 3.95. The van der Waals surface area contributed by atoms with E-state index in [0.717, 1.165) is 12.1 Å². The molecule has 1 aromatic heterocycles. The standard InChI is InChI=1S/C27H18N7O9S.5Na/c35-22-19(34-33-18-7-2-1-6-17(18)24(38)39)9-8-13-11-16(44(41,42)43)12-20(21(13)22)29-26-30-25(31-27(40)32-26)28-15-5-3-4-14(10-15)23(36)37;;;;;/h1-8,10-12,35H,(H,36,37)(H,38,39)(H,41,42,43)(H3,28,29,30,31,32,40);;;;;/q-1;5*+1/p-4. The van der Waals surface area contributed by atoms with E-state index >= 15 is 0 Å². The predicted molar refractivity (Wildman–Crippen MR) is 144 cm³/mol. The third-order valence-corrected chi connectivity index (χ3v) is 6.67. The molecule has 0 fully saturated rings. The number of hydrogen-bond acceptors (Lipinski definition) is 16. The summed E-state index contributed by atoms with van der Waals surface area (Å²) in [5.41, 5.74) is -0.924. The average molecular weight is 727 g/mol. The number of phenolic OH excluding ortho intramolecular Hbond substituents is 1. The maximum Gasteiger partial charge on any atom is 1.00 e. The Bertz CT molecular complexity index is 2130. The van der Waals surface area contributed by atoms with Gasteiger partial charge in [0.1, 0.15) is 10.1 Å². The molecule has 0 amide bonds. The van der Waals surface area contributed by atoms with E-state index < -0.39 is 44.7 Å². The van der Waals surface area contributed by atoms with Crippen LogP contribution in [0.1, 0.15) is 20.7 Å². The monoisotopic (exact) mass is 727 g/mol. The van der Waals surface area contributed by atoms with E-state index in [-0.39, 0.29) is 198 Å². The quantitative estimate of drug-likeness (QED) is 0.0551. The molecule has 0 saturated carbocycles. The third-order valence-electron chi connectivity index (χ3n) is 5.85. The van der Waals surface area contributed by atoms with Crippen molar-refractivity contribution in [2.45, 2.75) is 4.90 Å². The molecule has 0 bridgehead atoms. The SMILES string of the molecule is O=C([O-])c1cccc(Nc2nc([O-])nc(Nc3cc(S(=O)(=O)[O-])cc4c[c-]c(N=Nc5ccccc5C(=O)[O-])c(O)c34)n2)c1.[Na+].[Na+].[Na+].[Na+].[Na+]. The maximum absolute atomic E-state index is 12.3. The number of carboxylic acid groups (broad SMARTS) is 2. The van der Waals surface area contributed by atoms with Crippen molar-refractivity contribution in [3.63, 3.8) is 0 Å². The van der Waals surface area contributed by atoms with Gasteiger partial charge in [-0.3, -0.25) is 0 Å². The zero-order valence-corrected chi connectivity index (χ0v) is 37.5. The molecule has 0 unspecified atom stereocenters. The Morgan fingerprint density at radius 2 is 1.47 bits per heavy atom. The molecule has 222 valence electrons. The molecule has 0 spiro atoms. The number of fused-ring (bicyclic) bond motifs is 1. The summed E-state index contributed by atoms with van der Waals surface area (Å²) in [5.74, 6) is -4.37. The number of aromatic hydroxyl groups is 1. The predicted octanol–water partition coefficient (Wildman–Crippen LogP) is -13.8. The van der Waals surface area contributed by atoms with E-state index in [9.17, 15) is 43.0 Å². The van der Waals surface area contributed by atoms with E-state index in [0.29, 0.717) is 0 Å². The molecule has 0 aliphatic heterocycles. The van der Waals surface area contributed by atoms with Crippen molar-refractivity contribution in [1.29, 1.82) is 0 Å². The van der Waals surface area contributed by atoms with Gasteiger partial charge in [0.15, 0.2) is 0 Å². The Kier molecular flexibility index (Phi) is 20.2. The van der Waals surface area contributed by atoms with Crippen LogP contribution in [0, 0.1) is 6.07 Å². The Morgan fingerprint density at radius 3 is 2.10 bits per heavy atom. The number of benzene rings is 4. The number of aromatic nitrogens is 3. The number of anilines is 4. The average Bonchev–Trinajstić information content (AvgIpc) is 2.96. The van der Waals surface area contributed by atoms with Gasteiger partial charge >= 0.3 is 148 Å². The van der Waals surface area contributed by atoms with Crippen LogP contribution in [0.2, 0.25) is 0 Å². The smallest absolute Gasteiger partial charge is 0.844 e. The van der Waals surface area contributed by atoms with Crippen LogP contribution >= 0.6 is 0 Å². The van der Waals surface area contributed by atoms with Crippen molar-refractivity contribution in [3.05, 3.63) is 83.9 Å². The van der Waals surface area contributed by atoms with Gasteiger partial charge in [0.05, 0.1) is 23.6 Å². The fraction of sp³-hybridized carbons (Fsp3) is 0. The first-order chi connectivity index (χ1) is 20.9. The number of aromatic carboxylic acids is 2. The molecule has 1 heterocycles. The minimum absolute atomic E-state index is 0. The number of carbonyl (C=O) groups is 2. The number of nitrogens with one attached hydrogen (secondary N) is 2. The van der Waals surface area contributed by atoms with E-state index in [2.05, 4.69) is 41.9 Å². The van der Waals surface area contributed by atoms with Crippen LogP contribution < -0.4 is 174 Å². The number of hydrogen-bond donors (Lipinski definition) is 3. The molecule has 0 aliphatic carbocycles. The second-order valence-corrected chi connectivity index (χ2v) is 10.1. The minimum atomic E-state index is -5.03. The molecule has 49 heavy (non-hydrogen) atoms. The van der Waals surface area contributed by atoms with Gasteiger partial charge in [-0.05, 0) is 29.8 Å². The van der Waals surface area contributed by atoms with Crippen molar-refractivity contribution in [2.24, 2.45) is 10.2 Å². The number of carboxylic acids is 2. The van der Waals surface area contributed by atoms with E-state index in [4.69, 9.17) is 0 Å². The van der Waals surface area contributed by atoms with Crippen molar-refractivity contribution in [1.82, 2.24) is 15.0 Å². The summed E-state index contributed by atoms with van der Waals surface area (Å²) in [6.07, 6.45) is 0. The molecule has 5 rings (SSSR count). The van der Waals surface area contributed by atoms with Crippen LogP contribution in [0.5, 0.6) is 11.8 Å². The van der Waals surface area contributed by atoms with Gasteiger partial charge in [0.2, 0.25) is 11.9 Å². The Hall–Kier alpha value is -1.20. The van der Waals surface area contributed by atoms with Crippen molar-refractivity contribution in [3.8, 4) is 11.8 Å². The topological polar surface area (TPSA) is 268 Å². The zero-order chi connectivity index (χ0) is 31.6. The summed E-state index contributed by atoms with van der Waals surface area (Å²) < 4.78 is 35.6. The van der Waals surface area contributed by atoms with Gasteiger partial charge in [-0.15, -0.1) is 5.39 Å². The van der Waals surface area contributed by atoms with Crippen molar-refractivity contribution < 1.29 is 191 Å². The number of rotatable bonds is 9. The third kappa shape index (κ3) is 12.2. The molecule has 22 heteroatoms. The first kappa shape index (κ1) is 47.8. The first-order valence-corrected chi connectivity index (χ1v) is 13.5. The maximum atomic E-state index is 12.3. The van der Waals surface area contributed by atoms with Crippen LogP contribution in [0.3, 0.4) is 0 Å². The molecular weight excluding hydrogens is 713 g/mol.